The monoisotopic (exact) mass is 478 g/mol. The smallest absolute Gasteiger partial charge is 0.00853 e. The molecule has 6 rings (SSSR count). The van der Waals surface area contributed by atoms with Gasteiger partial charge in [-0.3, -0.25) is 0 Å². The van der Waals surface area contributed by atoms with Gasteiger partial charge in [-0.2, -0.15) is 0 Å². The summed E-state index contributed by atoms with van der Waals surface area (Å²) < 4.78 is 0. The van der Waals surface area contributed by atoms with Crippen molar-refractivity contribution in [1.82, 2.24) is 0 Å². The van der Waals surface area contributed by atoms with Crippen molar-refractivity contribution >= 4 is 11.1 Å². The van der Waals surface area contributed by atoms with Crippen LogP contribution in [0.2, 0.25) is 0 Å². The SMILES string of the molecule is CC1(C)CCC(C)(C)c2cc3c(cc21)CC=C3CCC1=CCc2cc3c(cc21)C(C)(C)CCC3(C)C. The first-order valence-corrected chi connectivity index (χ1v) is 14.5. The third-order valence-corrected chi connectivity index (χ3v) is 10.6. The van der Waals surface area contributed by atoms with Gasteiger partial charge in [0.1, 0.15) is 0 Å². The van der Waals surface area contributed by atoms with Crippen LogP contribution in [-0.4, -0.2) is 0 Å². The molecule has 0 heteroatoms. The Morgan fingerprint density at radius 3 is 1.11 bits per heavy atom. The Balaban J connectivity index is 1.28. The van der Waals surface area contributed by atoms with Crippen molar-refractivity contribution in [1.29, 1.82) is 0 Å². The number of hydrogen-bond donors (Lipinski definition) is 0. The van der Waals surface area contributed by atoms with Gasteiger partial charge in [0.25, 0.3) is 0 Å². The predicted octanol–water partition coefficient (Wildman–Crippen LogP) is 9.74. The second kappa shape index (κ2) is 7.72. The first-order chi connectivity index (χ1) is 16.8. The Labute approximate surface area is 220 Å². The van der Waals surface area contributed by atoms with Crippen molar-refractivity contribution in [2.24, 2.45) is 0 Å². The van der Waals surface area contributed by atoms with Crippen LogP contribution in [0.3, 0.4) is 0 Å². The van der Waals surface area contributed by atoms with Gasteiger partial charge in [0, 0.05) is 0 Å². The lowest BCUT2D eigenvalue weighted by molar-refractivity contribution is 0.331. The average molecular weight is 479 g/mol. The molecule has 0 aliphatic heterocycles. The summed E-state index contributed by atoms with van der Waals surface area (Å²) in [5.74, 6) is 0. The molecule has 4 aliphatic carbocycles. The number of hydrogen-bond acceptors (Lipinski definition) is 0. The van der Waals surface area contributed by atoms with Gasteiger partial charge in [-0.1, -0.05) is 91.8 Å². The van der Waals surface area contributed by atoms with E-state index < -0.39 is 0 Å². The second-order valence-electron chi connectivity index (χ2n) is 15.0. The molecule has 0 heterocycles. The molecule has 0 saturated carbocycles. The lowest BCUT2D eigenvalue weighted by Gasteiger charge is -2.42. The van der Waals surface area contributed by atoms with Crippen molar-refractivity contribution < 1.29 is 0 Å². The van der Waals surface area contributed by atoms with Crippen LogP contribution in [0.1, 0.15) is 138 Å². The summed E-state index contributed by atoms with van der Waals surface area (Å²) in [4.78, 5) is 0. The quantitative estimate of drug-likeness (QED) is 0.412. The summed E-state index contributed by atoms with van der Waals surface area (Å²) in [7, 11) is 0. The Kier molecular flexibility index (Phi) is 5.20. The first-order valence-electron chi connectivity index (χ1n) is 14.5. The predicted molar refractivity (Wildman–Crippen MR) is 156 cm³/mol. The van der Waals surface area contributed by atoms with E-state index in [0.29, 0.717) is 10.8 Å². The first kappa shape index (κ1) is 24.3. The highest BCUT2D eigenvalue weighted by Gasteiger charge is 2.39. The molecule has 0 fully saturated rings. The van der Waals surface area contributed by atoms with Crippen LogP contribution in [-0.2, 0) is 34.5 Å². The van der Waals surface area contributed by atoms with Gasteiger partial charge in [0.2, 0.25) is 0 Å². The van der Waals surface area contributed by atoms with Gasteiger partial charge >= 0.3 is 0 Å². The molecule has 0 N–H and O–H groups in total. The van der Waals surface area contributed by atoms with Crippen LogP contribution in [0.5, 0.6) is 0 Å². The lowest BCUT2D eigenvalue weighted by Crippen LogP contribution is -2.34. The molecule has 0 nitrogen and oxygen atoms in total. The van der Waals surface area contributed by atoms with E-state index in [1.807, 2.05) is 0 Å². The molecule has 0 atom stereocenters. The van der Waals surface area contributed by atoms with Gasteiger partial charge in [0.15, 0.2) is 0 Å². The summed E-state index contributed by atoms with van der Waals surface area (Å²) in [6.07, 6.45) is 14.8. The molecule has 36 heavy (non-hydrogen) atoms. The van der Waals surface area contributed by atoms with Gasteiger partial charge in [-0.15, -0.1) is 0 Å². The van der Waals surface area contributed by atoms with Crippen LogP contribution in [0, 0.1) is 0 Å². The zero-order valence-corrected chi connectivity index (χ0v) is 24.1. The molecule has 4 aliphatic rings. The molecule has 0 saturated heterocycles. The molecule has 0 amide bonds. The molecule has 2 aromatic carbocycles. The molecule has 0 spiro atoms. The molecule has 0 bridgehead atoms. The highest BCUT2D eigenvalue weighted by atomic mass is 14.4. The maximum Gasteiger partial charge on any atom is -0.00853 e. The third-order valence-electron chi connectivity index (χ3n) is 10.6. The second-order valence-corrected chi connectivity index (χ2v) is 15.0. The van der Waals surface area contributed by atoms with Crippen molar-refractivity contribution in [2.75, 3.05) is 0 Å². The summed E-state index contributed by atoms with van der Waals surface area (Å²) in [6.45, 7) is 19.6. The minimum atomic E-state index is 0.278. The minimum Gasteiger partial charge on any atom is -0.0763 e. The summed E-state index contributed by atoms with van der Waals surface area (Å²) in [5, 5.41) is 0. The van der Waals surface area contributed by atoms with Crippen molar-refractivity contribution in [3.8, 4) is 0 Å². The minimum absolute atomic E-state index is 0.278. The topological polar surface area (TPSA) is 0 Å². The summed E-state index contributed by atoms with van der Waals surface area (Å²) >= 11 is 0. The lowest BCUT2D eigenvalue weighted by atomic mass is 9.62. The van der Waals surface area contributed by atoms with E-state index in [1.165, 1.54) is 25.7 Å². The van der Waals surface area contributed by atoms with Crippen molar-refractivity contribution in [2.45, 2.75) is 128 Å². The average Bonchev–Trinajstić information content (AvgIpc) is 3.40. The fraction of sp³-hybridized carbons (Fsp3) is 0.556. The molecule has 0 aromatic heterocycles. The van der Waals surface area contributed by atoms with E-state index in [0.717, 1.165) is 25.7 Å². The van der Waals surface area contributed by atoms with Crippen LogP contribution >= 0.6 is 0 Å². The van der Waals surface area contributed by atoms with Crippen LogP contribution < -0.4 is 0 Å². The summed E-state index contributed by atoms with van der Waals surface area (Å²) in [6, 6.07) is 10.4. The summed E-state index contributed by atoms with van der Waals surface area (Å²) in [5.41, 5.74) is 17.0. The maximum absolute atomic E-state index is 2.60. The highest BCUT2D eigenvalue weighted by Crippen LogP contribution is 2.50. The third kappa shape index (κ3) is 3.69. The van der Waals surface area contributed by atoms with E-state index in [-0.39, 0.29) is 10.8 Å². The number of fused-ring (bicyclic) bond motifs is 4. The van der Waals surface area contributed by atoms with Crippen LogP contribution in [0.4, 0.5) is 0 Å². The highest BCUT2D eigenvalue weighted by molar-refractivity contribution is 5.79. The zero-order valence-electron chi connectivity index (χ0n) is 24.1. The van der Waals surface area contributed by atoms with E-state index in [1.54, 1.807) is 55.7 Å². The van der Waals surface area contributed by atoms with Gasteiger partial charge in [-0.05, 0) is 129 Å². The molecule has 190 valence electrons. The van der Waals surface area contributed by atoms with Crippen LogP contribution in [0.15, 0.2) is 36.4 Å². The number of allylic oxidation sites excluding steroid dienone is 4. The van der Waals surface area contributed by atoms with Gasteiger partial charge in [-0.25, -0.2) is 0 Å². The Bertz CT molecular complexity index is 1210. The van der Waals surface area contributed by atoms with Crippen LogP contribution in [0.25, 0.3) is 11.1 Å². The fourth-order valence-electron chi connectivity index (χ4n) is 7.68. The van der Waals surface area contributed by atoms with E-state index in [9.17, 15) is 0 Å². The zero-order chi connectivity index (χ0) is 25.7. The Hall–Kier alpha value is -2.08. The molecular weight excluding hydrogens is 432 g/mol. The van der Waals surface area contributed by atoms with E-state index in [2.05, 4.69) is 91.8 Å². The van der Waals surface area contributed by atoms with Gasteiger partial charge in [0.05, 0.1) is 0 Å². The number of rotatable bonds is 3. The number of benzene rings is 2. The molecule has 0 radical (unpaired) electrons. The van der Waals surface area contributed by atoms with Crippen molar-refractivity contribution in [3.63, 3.8) is 0 Å². The Morgan fingerprint density at radius 1 is 0.472 bits per heavy atom. The van der Waals surface area contributed by atoms with Crippen molar-refractivity contribution in [3.05, 3.63) is 80.9 Å². The van der Waals surface area contributed by atoms with E-state index in [4.69, 9.17) is 0 Å². The largest absolute Gasteiger partial charge is 0.0763 e. The molecule has 0 unspecified atom stereocenters. The molecule has 2 aromatic rings. The fourth-order valence-corrected chi connectivity index (χ4v) is 7.68. The van der Waals surface area contributed by atoms with E-state index >= 15 is 0 Å². The molecular formula is C36H46. The Morgan fingerprint density at radius 2 is 0.778 bits per heavy atom. The standard InChI is InChI=1S/C36H46/c1-33(2)15-17-35(5,6)31-21-27-23(11-13-25(27)19-29(31)33)9-10-24-12-14-26-20-30-32(22-28(24)26)36(7,8)18-16-34(30,3)4/h11-12,19-22H,9-10,13-18H2,1-8H3. The maximum atomic E-state index is 2.60. The van der Waals surface area contributed by atoms with Gasteiger partial charge < -0.3 is 0 Å². The normalized spacial score (nSPS) is 23.8.